The highest BCUT2D eigenvalue weighted by Crippen LogP contribution is 2.31. The zero-order valence-corrected chi connectivity index (χ0v) is 15.9. The van der Waals surface area contributed by atoms with Crippen LogP contribution in [0.5, 0.6) is 0 Å². The molecule has 0 atom stereocenters. The molecule has 28 heavy (non-hydrogen) atoms. The van der Waals surface area contributed by atoms with Crippen LogP contribution in [0.25, 0.3) is 11.1 Å². The molecular weight excluding hydrogens is 407 g/mol. The normalized spacial score (nSPS) is 10.5. The SMILES string of the molecule is Cc1c(-c2ccccc2)c(C(=O)Nc2ccc(Cl)c([N+](=O)[O-])c2)c(Cl)n[n+]1[O-]. The van der Waals surface area contributed by atoms with Gasteiger partial charge in [0.2, 0.25) is 10.8 Å². The van der Waals surface area contributed by atoms with Gasteiger partial charge in [-0.15, -0.1) is 0 Å². The molecule has 0 bridgehead atoms. The van der Waals surface area contributed by atoms with Gasteiger partial charge in [0.15, 0.2) is 0 Å². The molecule has 3 aromatic rings. The minimum Gasteiger partial charge on any atom is -0.594 e. The number of amides is 1. The van der Waals surface area contributed by atoms with E-state index in [-0.39, 0.29) is 32.8 Å². The van der Waals surface area contributed by atoms with Crippen molar-refractivity contribution in [3.63, 3.8) is 0 Å². The van der Waals surface area contributed by atoms with Gasteiger partial charge in [-0.25, -0.2) is 0 Å². The Morgan fingerprint density at radius 3 is 2.50 bits per heavy atom. The van der Waals surface area contributed by atoms with E-state index in [2.05, 4.69) is 10.4 Å². The third-order valence-corrected chi connectivity index (χ3v) is 4.56. The molecule has 0 aliphatic heterocycles. The van der Waals surface area contributed by atoms with Gasteiger partial charge in [-0.1, -0.05) is 58.4 Å². The number of rotatable bonds is 4. The van der Waals surface area contributed by atoms with Gasteiger partial charge in [0.1, 0.15) is 5.02 Å². The van der Waals surface area contributed by atoms with Gasteiger partial charge < -0.3 is 10.5 Å². The molecule has 0 spiro atoms. The highest BCUT2D eigenvalue weighted by atomic mass is 35.5. The lowest BCUT2D eigenvalue weighted by Crippen LogP contribution is -2.37. The molecule has 1 aromatic heterocycles. The van der Waals surface area contributed by atoms with E-state index in [1.807, 2.05) is 0 Å². The number of nitrogens with zero attached hydrogens (tertiary/aromatic N) is 3. The highest BCUT2D eigenvalue weighted by molar-refractivity contribution is 6.34. The molecule has 0 aliphatic rings. The molecular formula is C18H12Cl2N4O4. The van der Waals surface area contributed by atoms with E-state index in [1.165, 1.54) is 19.1 Å². The quantitative estimate of drug-likeness (QED) is 0.295. The summed E-state index contributed by atoms with van der Waals surface area (Å²) in [5.41, 5.74) is 0.872. The second kappa shape index (κ2) is 7.79. The average Bonchev–Trinajstić information content (AvgIpc) is 2.66. The molecule has 0 unspecified atom stereocenters. The number of hydrogen-bond acceptors (Lipinski definition) is 5. The summed E-state index contributed by atoms with van der Waals surface area (Å²) in [4.78, 5) is 23.6. The minimum absolute atomic E-state index is 0.0185. The Hall–Kier alpha value is -3.23. The van der Waals surface area contributed by atoms with Crippen molar-refractivity contribution in [1.29, 1.82) is 0 Å². The molecule has 2 aromatic carbocycles. The number of carbonyl (C=O) groups excluding carboxylic acids is 1. The lowest BCUT2D eigenvalue weighted by Gasteiger charge is -2.13. The Labute approximate surface area is 169 Å². The van der Waals surface area contributed by atoms with Crippen LogP contribution in [0.2, 0.25) is 10.2 Å². The van der Waals surface area contributed by atoms with Gasteiger partial charge in [0.25, 0.3) is 11.6 Å². The van der Waals surface area contributed by atoms with Crippen LogP contribution in [0.1, 0.15) is 16.1 Å². The number of aromatic nitrogens is 2. The van der Waals surface area contributed by atoms with E-state index in [4.69, 9.17) is 23.2 Å². The summed E-state index contributed by atoms with van der Waals surface area (Å²) in [7, 11) is 0. The molecule has 10 heteroatoms. The predicted octanol–water partition coefficient (Wildman–Crippen LogP) is 4.16. The first-order valence-corrected chi connectivity index (χ1v) is 8.66. The highest BCUT2D eigenvalue weighted by Gasteiger charge is 2.27. The summed E-state index contributed by atoms with van der Waals surface area (Å²) in [6.45, 7) is 1.52. The van der Waals surface area contributed by atoms with Gasteiger partial charge >= 0.3 is 0 Å². The number of benzene rings is 2. The standard InChI is InChI=1S/C18H12Cl2N4O4/c1-10-15(11-5-3-2-4-6-11)16(17(20)22-23(10)26)18(25)21-12-7-8-13(19)14(9-12)24(27)28/h2-9H,1H3,(H,21,25). The minimum atomic E-state index is -0.670. The van der Waals surface area contributed by atoms with Crippen LogP contribution in [0, 0.1) is 22.2 Å². The van der Waals surface area contributed by atoms with Crippen molar-refractivity contribution < 1.29 is 14.6 Å². The number of nitro groups is 1. The molecule has 1 heterocycles. The molecule has 1 amide bonds. The van der Waals surface area contributed by atoms with E-state index in [0.717, 1.165) is 6.07 Å². The predicted molar refractivity (Wildman–Crippen MR) is 104 cm³/mol. The van der Waals surface area contributed by atoms with Crippen molar-refractivity contribution in [2.24, 2.45) is 0 Å². The Morgan fingerprint density at radius 1 is 1.18 bits per heavy atom. The summed E-state index contributed by atoms with van der Waals surface area (Å²) >= 11 is 11.9. The van der Waals surface area contributed by atoms with Gasteiger partial charge in [-0.3, -0.25) is 14.9 Å². The van der Waals surface area contributed by atoms with Crippen LogP contribution in [0.3, 0.4) is 0 Å². The van der Waals surface area contributed by atoms with E-state index in [0.29, 0.717) is 16.0 Å². The van der Waals surface area contributed by atoms with Crippen LogP contribution in [-0.4, -0.2) is 15.9 Å². The average molecular weight is 419 g/mol. The zero-order chi connectivity index (χ0) is 20.4. The molecule has 0 fully saturated rings. The Kier molecular flexibility index (Phi) is 5.43. The van der Waals surface area contributed by atoms with Crippen molar-refractivity contribution >= 4 is 40.5 Å². The molecule has 3 rings (SSSR count). The number of hydrogen-bond donors (Lipinski definition) is 1. The maximum Gasteiger partial charge on any atom is 0.289 e. The molecule has 0 radical (unpaired) electrons. The van der Waals surface area contributed by atoms with Crippen molar-refractivity contribution in [1.82, 2.24) is 5.10 Å². The topological polar surface area (TPSA) is 112 Å². The summed E-state index contributed by atoms with van der Waals surface area (Å²) in [5, 5.41) is 28.9. The third-order valence-electron chi connectivity index (χ3n) is 3.97. The van der Waals surface area contributed by atoms with E-state index in [1.54, 1.807) is 30.3 Å². The third kappa shape index (κ3) is 3.73. The number of halogens is 2. The summed E-state index contributed by atoms with van der Waals surface area (Å²) in [5.74, 6) is -0.670. The molecule has 1 N–H and O–H groups in total. The van der Waals surface area contributed by atoms with Crippen molar-refractivity contribution in [2.75, 3.05) is 5.32 Å². The second-order valence-electron chi connectivity index (χ2n) is 5.74. The number of nitrogens with one attached hydrogen (secondary N) is 1. The maximum atomic E-state index is 12.9. The first-order valence-electron chi connectivity index (χ1n) is 7.90. The zero-order valence-electron chi connectivity index (χ0n) is 14.3. The van der Waals surface area contributed by atoms with E-state index in [9.17, 15) is 20.1 Å². The monoisotopic (exact) mass is 418 g/mol. The molecule has 0 aliphatic carbocycles. The lowest BCUT2D eigenvalue weighted by atomic mass is 9.99. The summed E-state index contributed by atoms with van der Waals surface area (Å²) < 4.78 is 0. The van der Waals surface area contributed by atoms with Crippen molar-refractivity contribution in [3.05, 3.63) is 85.3 Å². The van der Waals surface area contributed by atoms with Crippen LogP contribution in [0.4, 0.5) is 11.4 Å². The van der Waals surface area contributed by atoms with Crippen LogP contribution in [-0.2, 0) is 0 Å². The Bertz CT molecular complexity index is 1090. The fourth-order valence-electron chi connectivity index (χ4n) is 2.67. The smallest absolute Gasteiger partial charge is 0.289 e. The Morgan fingerprint density at radius 2 is 1.86 bits per heavy atom. The summed E-state index contributed by atoms with van der Waals surface area (Å²) in [6, 6.07) is 12.6. The maximum absolute atomic E-state index is 12.9. The van der Waals surface area contributed by atoms with Crippen molar-refractivity contribution in [2.45, 2.75) is 6.92 Å². The van der Waals surface area contributed by atoms with Gasteiger partial charge in [-0.2, -0.15) is 0 Å². The van der Waals surface area contributed by atoms with Gasteiger partial charge in [-0.05, 0) is 17.7 Å². The summed E-state index contributed by atoms with van der Waals surface area (Å²) in [6.07, 6.45) is 0. The molecule has 8 nitrogen and oxygen atoms in total. The fourth-order valence-corrected chi connectivity index (χ4v) is 3.11. The van der Waals surface area contributed by atoms with E-state index >= 15 is 0 Å². The largest absolute Gasteiger partial charge is 0.594 e. The van der Waals surface area contributed by atoms with E-state index < -0.39 is 10.8 Å². The number of nitro benzene ring substituents is 1. The number of anilines is 1. The Balaban J connectivity index is 2.09. The lowest BCUT2D eigenvalue weighted by molar-refractivity contribution is -0.674. The van der Waals surface area contributed by atoms with Crippen LogP contribution >= 0.6 is 23.2 Å². The first-order chi connectivity index (χ1) is 13.3. The number of carbonyl (C=O) groups is 1. The van der Waals surface area contributed by atoms with Crippen LogP contribution in [0.15, 0.2) is 48.5 Å². The molecule has 0 saturated heterocycles. The van der Waals surface area contributed by atoms with Gasteiger partial charge in [0.05, 0.1) is 16.1 Å². The fraction of sp³-hybridized carbons (Fsp3) is 0.0556. The van der Waals surface area contributed by atoms with Gasteiger partial charge in [0, 0.05) is 23.8 Å². The second-order valence-corrected chi connectivity index (χ2v) is 6.51. The molecule has 142 valence electrons. The first kappa shape index (κ1) is 19.5. The van der Waals surface area contributed by atoms with Crippen molar-refractivity contribution in [3.8, 4) is 11.1 Å². The molecule has 0 saturated carbocycles. The van der Waals surface area contributed by atoms with Crippen LogP contribution < -0.4 is 10.2 Å².